The largest absolute Gasteiger partial charge is 0.389 e. The first-order valence-corrected chi connectivity index (χ1v) is 10.0. The van der Waals surface area contributed by atoms with Gasteiger partial charge in [-0.05, 0) is 73.0 Å². The first-order valence-electron chi connectivity index (χ1n) is 10.0. The average molecular weight is 354 g/mol. The summed E-state index contributed by atoms with van der Waals surface area (Å²) >= 11 is 0. The van der Waals surface area contributed by atoms with Crippen LogP contribution in [0.2, 0.25) is 0 Å². The van der Waals surface area contributed by atoms with Crippen LogP contribution >= 0.6 is 0 Å². The van der Waals surface area contributed by atoms with Gasteiger partial charge in [0.15, 0.2) is 11.6 Å². The van der Waals surface area contributed by atoms with E-state index >= 15 is 0 Å². The molecule has 3 heteroatoms. The maximum absolute atomic E-state index is 12.5. The number of carbonyl (C=O) groups is 2. The second kappa shape index (κ2) is 5.76. The van der Waals surface area contributed by atoms with Gasteiger partial charge in [0.1, 0.15) is 6.61 Å². The molecule has 7 atom stereocenters. The Morgan fingerprint density at radius 2 is 1.96 bits per heavy atom. The van der Waals surface area contributed by atoms with Crippen molar-refractivity contribution >= 4 is 11.6 Å². The molecule has 3 nitrogen and oxygen atoms in total. The Hall–Kier alpha value is -1.48. The maximum Gasteiger partial charge on any atom is 0.178 e. The summed E-state index contributed by atoms with van der Waals surface area (Å²) in [7, 11) is 0. The highest BCUT2D eigenvalue weighted by molar-refractivity contribution is 6.01. The number of allylic oxidation sites excluding steroid dienone is 6. The summed E-state index contributed by atoms with van der Waals surface area (Å²) in [6.07, 6.45) is 11.1. The van der Waals surface area contributed by atoms with E-state index in [9.17, 15) is 14.7 Å². The second-order valence-electron chi connectivity index (χ2n) is 9.57. The van der Waals surface area contributed by atoms with E-state index in [-0.39, 0.29) is 34.9 Å². The predicted octanol–water partition coefficient (Wildman–Crippen LogP) is 3.88. The quantitative estimate of drug-likeness (QED) is 0.766. The minimum atomic E-state index is -0.343. The lowest BCUT2D eigenvalue weighted by atomic mass is 9.50. The predicted molar refractivity (Wildman–Crippen MR) is 101 cm³/mol. The lowest BCUT2D eigenvalue weighted by Gasteiger charge is -2.54. The Bertz CT molecular complexity index is 757. The van der Waals surface area contributed by atoms with Crippen molar-refractivity contribution in [1.29, 1.82) is 0 Å². The fourth-order valence-corrected chi connectivity index (χ4v) is 7.08. The first kappa shape index (κ1) is 17.9. The molecule has 0 aromatic carbocycles. The molecular weight excluding hydrogens is 324 g/mol. The van der Waals surface area contributed by atoms with Crippen molar-refractivity contribution in [1.82, 2.24) is 0 Å². The summed E-state index contributed by atoms with van der Waals surface area (Å²) in [6, 6.07) is 0. The van der Waals surface area contributed by atoms with E-state index < -0.39 is 0 Å². The number of hydrogen-bond donors (Lipinski definition) is 1. The zero-order chi connectivity index (χ0) is 18.9. The number of fused-ring (bicyclic) bond motifs is 5. The number of ketones is 2. The van der Waals surface area contributed by atoms with E-state index in [0.29, 0.717) is 23.7 Å². The number of rotatable bonds is 2. The third kappa shape index (κ3) is 2.22. The SMILES string of the molecule is CC1CC2C(=CCC3(C)C2CC(C)C3C(=O)CO)C2(C)C=CC(=O)C=C12. The number of Topliss-reactive ketones (excluding diaryl/α,β-unsaturated/α-hetero) is 1. The smallest absolute Gasteiger partial charge is 0.178 e. The summed E-state index contributed by atoms with van der Waals surface area (Å²) in [4.78, 5) is 24.5. The van der Waals surface area contributed by atoms with Crippen molar-refractivity contribution in [3.05, 3.63) is 35.5 Å². The molecule has 0 radical (unpaired) electrons. The standard InChI is InChI=1S/C23H30O3/c1-13-9-16-17(22(3)7-5-15(25)11-18(13)22)6-8-23(4)19(16)10-14(2)21(23)20(26)12-24/h5-7,11,13-14,16,19,21,24H,8-10,12H2,1-4H3. The molecule has 0 amide bonds. The van der Waals surface area contributed by atoms with Crippen LogP contribution in [0.3, 0.4) is 0 Å². The molecular formula is C23H30O3. The highest BCUT2D eigenvalue weighted by atomic mass is 16.3. The molecule has 0 aromatic heterocycles. The molecule has 0 bridgehead atoms. The molecule has 2 fully saturated rings. The van der Waals surface area contributed by atoms with Gasteiger partial charge in [-0.25, -0.2) is 0 Å². The Kier molecular flexibility index (Phi) is 3.97. The fourth-order valence-electron chi connectivity index (χ4n) is 7.08. The zero-order valence-electron chi connectivity index (χ0n) is 16.3. The van der Waals surface area contributed by atoms with Gasteiger partial charge in [0.2, 0.25) is 0 Å². The van der Waals surface area contributed by atoms with E-state index in [4.69, 9.17) is 0 Å². The van der Waals surface area contributed by atoms with Crippen LogP contribution in [0.4, 0.5) is 0 Å². The number of carbonyl (C=O) groups excluding carboxylic acids is 2. The minimum absolute atomic E-state index is 0.0122. The molecule has 0 aromatic rings. The first-order chi connectivity index (χ1) is 12.2. The summed E-state index contributed by atoms with van der Waals surface area (Å²) in [6.45, 7) is 8.61. The summed E-state index contributed by atoms with van der Waals surface area (Å²) in [5.41, 5.74) is 2.50. The van der Waals surface area contributed by atoms with Gasteiger partial charge in [-0.1, -0.05) is 38.5 Å². The molecule has 0 aliphatic heterocycles. The van der Waals surface area contributed by atoms with E-state index in [0.717, 1.165) is 19.3 Å². The van der Waals surface area contributed by atoms with Gasteiger partial charge in [0.25, 0.3) is 0 Å². The van der Waals surface area contributed by atoms with Crippen LogP contribution in [0.15, 0.2) is 35.5 Å². The molecule has 4 aliphatic carbocycles. The molecule has 1 N–H and O–H groups in total. The van der Waals surface area contributed by atoms with E-state index in [1.54, 1.807) is 6.08 Å². The molecule has 7 unspecified atom stereocenters. The van der Waals surface area contributed by atoms with Gasteiger partial charge in [0.05, 0.1) is 0 Å². The highest BCUT2D eigenvalue weighted by Crippen LogP contribution is 2.65. The van der Waals surface area contributed by atoms with E-state index in [2.05, 4.69) is 39.8 Å². The number of aliphatic hydroxyl groups excluding tert-OH is 1. The second-order valence-corrected chi connectivity index (χ2v) is 9.57. The van der Waals surface area contributed by atoms with Gasteiger partial charge < -0.3 is 5.11 Å². The van der Waals surface area contributed by atoms with Crippen LogP contribution in [0.5, 0.6) is 0 Å². The third-order valence-corrected chi connectivity index (χ3v) is 8.12. The molecule has 0 spiro atoms. The molecule has 0 heterocycles. The Morgan fingerprint density at radius 1 is 1.23 bits per heavy atom. The van der Waals surface area contributed by atoms with Crippen molar-refractivity contribution in [3.8, 4) is 0 Å². The van der Waals surface area contributed by atoms with Crippen molar-refractivity contribution in [2.24, 2.45) is 40.4 Å². The average Bonchev–Trinajstić information content (AvgIpc) is 2.86. The van der Waals surface area contributed by atoms with Crippen LogP contribution in [-0.2, 0) is 9.59 Å². The topological polar surface area (TPSA) is 54.4 Å². The summed E-state index contributed by atoms with van der Waals surface area (Å²) in [5, 5.41) is 9.50. The summed E-state index contributed by atoms with van der Waals surface area (Å²) in [5.74, 6) is 1.71. The van der Waals surface area contributed by atoms with Crippen LogP contribution < -0.4 is 0 Å². The van der Waals surface area contributed by atoms with E-state index in [1.807, 2.05) is 6.08 Å². The zero-order valence-corrected chi connectivity index (χ0v) is 16.3. The molecule has 140 valence electrons. The lowest BCUT2D eigenvalue weighted by molar-refractivity contribution is -0.131. The van der Waals surface area contributed by atoms with Crippen molar-refractivity contribution in [3.63, 3.8) is 0 Å². The van der Waals surface area contributed by atoms with Crippen LogP contribution in [0.1, 0.15) is 47.0 Å². The van der Waals surface area contributed by atoms with Gasteiger partial charge in [0, 0.05) is 11.3 Å². The van der Waals surface area contributed by atoms with Crippen molar-refractivity contribution in [2.75, 3.05) is 6.61 Å². The van der Waals surface area contributed by atoms with Crippen molar-refractivity contribution in [2.45, 2.75) is 47.0 Å². The summed E-state index contributed by atoms with van der Waals surface area (Å²) < 4.78 is 0. The molecule has 4 rings (SSSR count). The Labute approximate surface area is 156 Å². The van der Waals surface area contributed by atoms with Gasteiger partial charge in [-0.15, -0.1) is 0 Å². The van der Waals surface area contributed by atoms with Crippen LogP contribution in [0.25, 0.3) is 0 Å². The normalized spacial score (nSPS) is 46.8. The Morgan fingerprint density at radius 3 is 2.65 bits per heavy atom. The molecule has 26 heavy (non-hydrogen) atoms. The minimum Gasteiger partial charge on any atom is -0.389 e. The lowest BCUT2D eigenvalue weighted by Crippen LogP contribution is -2.47. The maximum atomic E-state index is 12.5. The highest BCUT2D eigenvalue weighted by Gasteiger charge is 2.59. The van der Waals surface area contributed by atoms with Crippen LogP contribution in [0, 0.1) is 40.4 Å². The monoisotopic (exact) mass is 354 g/mol. The van der Waals surface area contributed by atoms with Crippen molar-refractivity contribution < 1.29 is 14.7 Å². The molecule has 0 saturated heterocycles. The van der Waals surface area contributed by atoms with Gasteiger partial charge >= 0.3 is 0 Å². The Balaban J connectivity index is 1.78. The van der Waals surface area contributed by atoms with Gasteiger partial charge in [-0.2, -0.15) is 0 Å². The number of aliphatic hydroxyl groups is 1. The fraction of sp³-hybridized carbons (Fsp3) is 0.652. The molecule has 4 aliphatic rings. The van der Waals surface area contributed by atoms with Gasteiger partial charge in [-0.3, -0.25) is 9.59 Å². The van der Waals surface area contributed by atoms with E-state index in [1.165, 1.54) is 11.1 Å². The molecule has 2 saturated carbocycles. The number of hydrogen-bond acceptors (Lipinski definition) is 3. The third-order valence-electron chi connectivity index (χ3n) is 8.12. The van der Waals surface area contributed by atoms with Crippen LogP contribution in [-0.4, -0.2) is 23.3 Å².